The Morgan fingerprint density at radius 2 is 1.69 bits per heavy atom. The maximum Gasteiger partial charge on any atom is 0.298 e. The number of nitrogens with zero attached hydrogens (tertiary/aromatic N) is 4. The number of rotatable bonds is 2. The molecule has 0 amide bonds. The van der Waals surface area contributed by atoms with E-state index in [9.17, 15) is 9.18 Å². The quantitative estimate of drug-likeness (QED) is 0.556. The van der Waals surface area contributed by atoms with Gasteiger partial charge in [0.05, 0.1) is 23.3 Å². The van der Waals surface area contributed by atoms with Gasteiger partial charge in [0.1, 0.15) is 11.3 Å². The van der Waals surface area contributed by atoms with Gasteiger partial charge in [0.25, 0.3) is 5.56 Å². The molecule has 5 nitrogen and oxygen atoms in total. The number of aromatic nitrogens is 4. The summed E-state index contributed by atoms with van der Waals surface area (Å²) in [6.07, 6.45) is 1.66. The lowest BCUT2D eigenvalue weighted by atomic mass is 10.1. The van der Waals surface area contributed by atoms with Gasteiger partial charge in [-0.05, 0) is 56.7 Å². The Hall–Kier alpha value is -3.28. The molecule has 4 aromatic rings. The molecule has 0 aliphatic rings. The van der Waals surface area contributed by atoms with Crippen LogP contribution >= 0.6 is 0 Å². The van der Waals surface area contributed by atoms with Gasteiger partial charge in [-0.3, -0.25) is 4.79 Å². The minimum Gasteiger partial charge on any atom is -0.265 e. The summed E-state index contributed by atoms with van der Waals surface area (Å²) < 4.78 is 16.2. The van der Waals surface area contributed by atoms with Gasteiger partial charge < -0.3 is 0 Å². The van der Waals surface area contributed by atoms with Crippen molar-refractivity contribution in [2.24, 2.45) is 0 Å². The molecule has 0 spiro atoms. The SMILES string of the molecule is Cc1ccc(-n2ncc3c(C)nn(-c4ccc(F)cc4)c(=O)c32)c(C)c1. The molecule has 4 rings (SSSR count). The highest BCUT2D eigenvalue weighted by molar-refractivity contribution is 5.81. The Kier molecular flexibility index (Phi) is 3.68. The van der Waals surface area contributed by atoms with Crippen LogP contribution in [-0.4, -0.2) is 19.6 Å². The minimum atomic E-state index is -0.361. The molecule has 0 radical (unpaired) electrons. The molecule has 0 unspecified atom stereocenters. The molecule has 0 aliphatic carbocycles. The lowest BCUT2D eigenvalue weighted by Gasteiger charge is -2.10. The summed E-state index contributed by atoms with van der Waals surface area (Å²) in [7, 11) is 0. The molecular formula is C20H17FN4O. The first-order chi connectivity index (χ1) is 12.5. The van der Waals surface area contributed by atoms with Crippen molar-refractivity contribution in [1.29, 1.82) is 0 Å². The predicted molar refractivity (Wildman–Crippen MR) is 98.6 cm³/mol. The number of aryl methyl sites for hydroxylation is 3. The molecule has 0 saturated heterocycles. The van der Waals surface area contributed by atoms with Crippen LogP contribution in [0.1, 0.15) is 16.8 Å². The predicted octanol–water partition coefficient (Wildman–Crippen LogP) is 3.64. The number of benzene rings is 2. The van der Waals surface area contributed by atoms with Crippen molar-refractivity contribution in [2.75, 3.05) is 0 Å². The highest BCUT2D eigenvalue weighted by Crippen LogP contribution is 2.21. The molecule has 130 valence electrons. The van der Waals surface area contributed by atoms with E-state index in [1.807, 2.05) is 32.9 Å². The standard InChI is InChI=1S/C20H17FN4O/c1-12-4-9-18(13(2)10-12)25-19-17(11-22-25)14(3)23-24(20(19)26)16-7-5-15(21)6-8-16/h4-11H,1-3H3. The maximum absolute atomic E-state index is 13.2. The van der Waals surface area contributed by atoms with Crippen molar-refractivity contribution in [1.82, 2.24) is 19.6 Å². The highest BCUT2D eigenvalue weighted by Gasteiger charge is 2.17. The minimum absolute atomic E-state index is 0.297. The molecule has 0 aliphatic heterocycles. The van der Waals surface area contributed by atoms with Gasteiger partial charge in [-0.15, -0.1) is 0 Å². The van der Waals surface area contributed by atoms with E-state index in [1.54, 1.807) is 10.9 Å². The number of hydrogen-bond donors (Lipinski definition) is 0. The first-order valence-electron chi connectivity index (χ1n) is 8.27. The molecule has 0 bridgehead atoms. The summed E-state index contributed by atoms with van der Waals surface area (Å²) in [6.45, 7) is 5.84. The summed E-state index contributed by atoms with van der Waals surface area (Å²) in [6, 6.07) is 11.7. The zero-order valence-corrected chi connectivity index (χ0v) is 14.7. The third-order valence-corrected chi connectivity index (χ3v) is 4.46. The summed E-state index contributed by atoms with van der Waals surface area (Å²) in [5.41, 5.74) is 4.36. The molecular weight excluding hydrogens is 331 g/mol. The van der Waals surface area contributed by atoms with Crippen LogP contribution in [0, 0.1) is 26.6 Å². The van der Waals surface area contributed by atoms with Crippen molar-refractivity contribution in [2.45, 2.75) is 20.8 Å². The van der Waals surface area contributed by atoms with Crippen LogP contribution in [-0.2, 0) is 0 Å². The topological polar surface area (TPSA) is 52.7 Å². The van der Waals surface area contributed by atoms with Crippen LogP contribution in [0.15, 0.2) is 53.5 Å². The number of fused-ring (bicyclic) bond motifs is 1. The molecule has 0 atom stereocenters. The fraction of sp³-hybridized carbons (Fsp3) is 0.150. The van der Waals surface area contributed by atoms with Crippen molar-refractivity contribution < 1.29 is 4.39 Å². The molecule has 26 heavy (non-hydrogen) atoms. The van der Waals surface area contributed by atoms with Crippen LogP contribution in [0.25, 0.3) is 22.3 Å². The molecule has 0 fully saturated rings. The Balaban J connectivity index is 2.03. The normalized spacial score (nSPS) is 11.2. The Labute approximate surface area is 149 Å². The molecule has 0 N–H and O–H groups in total. The van der Waals surface area contributed by atoms with Crippen LogP contribution < -0.4 is 5.56 Å². The molecule has 2 heterocycles. The third-order valence-electron chi connectivity index (χ3n) is 4.46. The van der Waals surface area contributed by atoms with E-state index < -0.39 is 0 Å². The summed E-state index contributed by atoms with van der Waals surface area (Å²) in [4.78, 5) is 13.1. The van der Waals surface area contributed by atoms with Gasteiger partial charge in [-0.2, -0.15) is 14.9 Å². The monoisotopic (exact) mass is 348 g/mol. The van der Waals surface area contributed by atoms with Gasteiger partial charge in [0.2, 0.25) is 0 Å². The zero-order valence-electron chi connectivity index (χ0n) is 14.7. The lowest BCUT2D eigenvalue weighted by Crippen LogP contribution is -2.24. The van der Waals surface area contributed by atoms with E-state index in [4.69, 9.17) is 0 Å². The van der Waals surface area contributed by atoms with Crippen molar-refractivity contribution in [3.63, 3.8) is 0 Å². The van der Waals surface area contributed by atoms with Gasteiger partial charge in [0.15, 0.2) is 0 Å². The van der Waals surface area contributed by atoms with E-state index in [1.165, 1.54) is 28.9 Å². The van der Waals surface area contributed by atoms with Crippen LogP contribution in [0.4, 0.5) is 4.39 Å². The van der Waals surface area contributed by atoms with E-state index in [0.717, 1.165) is 16.8 Å². The molecule has 2 aromatic carbocycles. The van der Waals surface area contributed by atoms with Crippen molar-refractivity contribution in [3.05, 3.63) is 81.7 Å². The Bertz CT molecular complexity index is 1190. The van der Waals surface area contributed by atoms with Crippen LogP contribution in [0.3, 0.4) is 0 Å². The lowest BCUT2D eigenvalue weighted by molar-refractivity contribution is 0.626. The smallest absolute Gasteiger partial charge is 0.265 e. The van der Waals surface area contributed by atoms with Gasteiger partial charge >= 0.3 is 0 Å². The average Bonchev–Trinajstić information content (AvgIpc) is 3.05. The summed E-state index contributed by atoms with van der Waals surface area (Å²) in [5.74, 6) is -0.361. The fourth-order valence-corrected chi connectivity index (χ4v) is 3.15. The maximum atomic E-state index is 13.2. The average molecular weight is 348 g/mol. The first-order valence-corrected chi connectivity index (χ1v) is 8.27. The second-order valence-corrected chi connectivity index (χ2v) is 6.39. The van der Waals surface area contributed by atoms with E-state index >= 15 is 0 Å². The Morgan fingerprint density at radius 1 is 0.962 bits per heavy atom. The van der Waals surface area contributed by atoms with Crippen molar-refractivity contribution >= 4 is 10.9 Å². The van der Waals surface area contributed by atoms with Crippen LogP contribution in [0.2, 0.25) is 0 Å². The fourth-order valence-electron chi connectivity index (χ4n) is 3.15. The third kappa shape index (κ3) is 2.50. The molecule has 0 saturated carbocycles. The summed E-state index contributed by atoms with van der Waals surface area (Å²) >= 11 is 0. The number of hydrogen-bond acceptors (Lipinski definition) is 3. The first kappa shape index (κ1) is 16.2. The van der Waals surface area contributed by atoms with Gasteiger partial charge in [-0.25, -0.2) is 9.07 Å². The molecule has 2 aromatic heterocycles. The van der Waals surface area contributed by atoms with E-state index in [-0.39, 0.29) is 11.4 Å². The second-order valence-electron chi connectivity index (χ2n) is 6.39. The second kappa shape index (κ2) is 5.91. The van der Waals surface area contributed by atoms with Gasteiger partial charge in [-0.1, -0.05) is 17.7 Å². The van der Waals surface area contributed by atoms with E-state index in [0.29, 0.717) is 22.3 Å². The highest BCUT2D eigenvalue weighted by atomic mass is 19.1. The molecule has 6 heteroatoms. The van der Waals surface area contributed by atoms with E-state index in [2.05, 4.69) is 16.3 Å². The number of halogens is 1. The Morgan fingerprint density at radius 3 is 2.38 bits per heavy atom. The van der Waals surface area contributed by atoms with Gasteiger partial charge in [0, 0.05) is 5.39 Å². The van der Waals surface area contributed by atoms with Crippen molar-refractivity contribution in [3.8, 4) is 11.4 Å². The zero-order chi connectivity index (χ0) is 18.4. The summed E-state index contributed by atoms with van der Waals surface area (Å²) in [5, 5.41) is 9.50. The van der Waals surface area contributed by atoms with Crippen LogP contribution in [0.5, 0.6) is 0 Å². The largest absolute Gasteiger partial charge is 0.298 e.